The lowest BCUT2D eigenvalue weighted by Crippen LogP contribution is -2.60. The number of carboxylic acid groups (broad SMARTS) is 1. The highest BCUT2D eigenvalue weighted by Gasteiger charge is 2.47. The Hall–Kier alpha value is -1.79. The first-order valence-electron chi connectivity index (χ1n) is 25.1. The maximum atomic E-state index is 12.8. The zero-order valence-electron chi connectivity index (χ0n) is 38.5. The molecule has 0 aromatic heterocycles. The fourth-order valence-electron chi connectivity index (χ4n) is 8.00. The number of aliphatic hydroxyl groups excluding tert-OH is 3. The molecule has 1 aliphatic rings. The number of carbonyl (C=O) groups excluding carboxylic acids is 2. The molecule has 0 bridgehead atoms. The van der Waals surface area contributed by atoms with Crippen LogP contribution in [0.25, 0.3) is 0 Å². The molecule has 1 rings (SSSR count). The molecule has 6 unspecified atom stereocenters. The number of esters is 2. The van der Waals surface area contributed by atoms with Crippen molar-refractivity contribution < 1.29 is 53.8 Å². The number of aliphatic hydroxyl groups is 3. The number of carboxylic acids is 1. The van der Waals surface area contributed by atoms with Crippen molar-refractivity contribution in [1.82, 2.24) is 0 Å². The van der Waals surface area contributed by atoms with Gasteiger partial charge in [0, 0.05) is 12.8 Å². The maximum absolute atomic E-state index is 12.8. The van der Waals surface area contributed by atoms with Gasteiger partial charge in [0.25, 0.3) is 0 Å². The number of carbonyl (C=O) groups is 3. The van der Waals surface area contributed by atoms with E-state index in [4.69, 9.17) is 18.9 Å². The van der Waals surface area contributed by atoms with Gasteiger partial charge >= 0.3 is 17.9 Å². The summed E-state index contributed by atoms with van der Waals surface area (Å²) >= 11 is 0. The van der Waals surface area contributed by atoms with E-state index in [1.807, 2.05) is 0 Å². The van der Waals surface area contributed by atoms with E-state index in [2.05, 4.69) is 13.8 Å². The van der Waals surface area contributed by atoms with Crippen molar-refractivity contribution in [1.29, 1.82) is 0 Å². The second-order valence-corrected chi connectivity index (χ2v) is 17.7. The number of rotatable bonds is 43. The third-order valence-corrected chi connectivity index (χ3v) is 12.0. The van der Waals surface area contributed by atoms with E-state index in [1.54, 1.807) is 0 Å². The van der Waals surface area contributed by atoms with E-state index in [-0.39, 0.29) is 26.1 Å². The van der Waals surface area contributed by atoms with Gasteiger partial charge in [0.15, 0.2) is 18.5 Å². The lowest BCUT2D eigenvalue weighted by Gasteiger charge is -2.38. The molecule has 11 heteroatoms. The summed E-state index contributed by atoms with van der Waals surface area (Å²) in [6.07, 6.45) is 33.1. The largest absolute Gasteiger partial charge is 0.479 e. The van der Waals surface area contributed by atoms with Gasteiger partial charge in [-0.2, -0.15) is 0 Å². The quantitative estimate of drug-likeness (QED) is 0.0340. The van der Waals surface area contributed by atoms with Crippen LogP contribution in [0.15, 0.2) is 0 Å². The zero-order chi connectivity index (χ0) is 43.9. The van der Waals surface area contributed by atoms with Gasteiger partial charge in [0.05, 0.1) is 6.61 Å². The molecular formula is C49H92O11. The third kappa shape index (κ3) is 31.1. The minimum Gasteiger partial charge on any atom is -0.479 e. The second-order valence-electron chi connectivity index (χ2n) is 17.7. The van der Waals surface area contributed by atoms with E-state index in [9.17, 15) is 34.8 Å². The summed E-state index contributed by atoms with van der Waals surface area (Å²) < 4.78 is 21.8. The van der Waals surface area contributed by atoms with Crippen LogP contribution in [0.5, 0.6) is 0 Å². The van der Waals surface area contributed by atoms with Crippen molar-refractivity contribution in [2.45, 2.75) is 282 Å². The Morgan fingerprint density at radius 3 is 1.13 bits per heavy atom. The van der Waals surface area contributed by atoms with Crippen LogP contribution >= 0.6 is 0 Å². The summed E-state index contributed by atoms with van der Waals surface area (Å²) in [5, 5.41) is 39.8. The summed E-state index contributed by atoms with van der Waals surface area (Å²) in [4.78, 5) is 36.9. The number of hydrogen-bond donors (Lipinski definition) is 4. The van der Waals surface area contributed by atoms with E-state index < -0.39 is 54.7 Å². The highest BCUT2D eigenvalue weighted by molar-refractivity contribution is 5.73. The first-order valence-corrected chi connectivity index (χ1v) is 25.1. The van der Waals surface area contributed by atoms with Crippen LogP contribution in [0.4, 0.5) is 0 Å². The van der Waals surface area contributed by atoms with Gasteiger partial charge in [-0.25, -0.2) is 4.79 Å². The molecule has 4 N–H and O–H groups in total. The molecule has 60 heavy (non-hydrogen) atoms. The molecule has 0 aliphatic carbocycles. The molecule has 0 aromatic rings. The van der Waals surface area contributed by atoms with Crippen molar-refractivity contribution in [3.05, 3.63) is 0 Å². The molecular weight excluding hydrogens is 765 g/mol. The van der Waals surface area contributed by atoms with Crippen molar-refractivity contribution in [2.24, 2.45) is 0 Å². The molecule has 11 nitrogen and oxygen atoms in total. The average molecular weight is 857 g/mol. The number of unbranched alkanes of at least 4 members (excludes halogenated alkanes) is 32. The molecule has 0 radical (unpaired) electrons. The predicted molar refractivity (Wildman–Crippen MR) is 239 cm³/mol. The first kappa shape index (κ1) is 56.2. The molecule has 1 saturated heterocycles. The Kier molecular flexibility index (Phi) is 37.5. The van der Waals surface area contributed by atoms with Crippen LogP contribution in [0, 0.1) is 0 Å². The van der Waals surface area contributed by atoms with E-state index in [0.717, 1.165) is 38.5 Å². The van der Waals surface area contributed by atoms with Crippen LogP contribution in [0.2, 0.25) is 0 Å². The normalized spacial score (nSPS) is 19.6. The van der Waals surface area contributed by atoms with Gasteiger partial charge in [-0.1, -0.05) is 219 Å². The average Bonchev–Trinajstić information content (AvgIpc) is 3.23. The molecule has 0 amide bonds. The Bertz CT molecular complexity index is 1010. The van der Waals surface area contributed by atoms with Gasteiger partial charge in [0.2, 0.25) is 0 Å². The van der Waals surface area contributed by atoms with Crippen LogP contribution in [-0.4, -0.2) is 88.4 Å². The van der Waals surface area contributed by atoms with Crippen LogP contribution in [0.3, 0.4) is 0 Å². The lowest BCUT2D eigenvalue weighted by atomic mass is 9.99. The number of hydrogen-bond acceptors (Lipinski definition) is 10. The van der Waals surface area contributed by atoms with Crippen LogP contribution in [-0.2, 0) is 33.3 Å². The van der Waals surface area contributed by atoms with Crippen LogP contribution in [0.1, 0.15) is 245 Å². The zero-order valence-corrected chi connectivity index (χ0v) is 38.5. The minimum atomic E-state index is -1.86. The first-order chi connectivity index (χ1) is 29.2. The third-order valence-electron chi connectivity index (χ3n) is 12.0. The predicted octanol–water partition coefficient (Wildman–Crippen LogP) is 11.4. The molecule has 354 valence electrons. The van der Waals surface area contributed by atoms with E-state index in [1.165, 1.54) is 167 Å². The Labute approximate surface area is 365 Å². The second kappa shape index (κ2) is 40.0. The van der Waals surface area contributed by atoms with Gasteiger partial charge in [-0.05, 0) is 12.8 Å². The molecule has 0 saturated carbocycles. The fraction of sp³-hybridized carbons (Fsp3) is 0.939. The Morgan fingerprint density at radius 1 is 0.450 bits per heavy atom. The molecule has 0 aromatic carbocycles. The standard InChI is InChI=1S/C49H92O11/c1-3-5-7-9-11-13-15-17-18-19-20-21-22-23-24-25-26-28-29-31-33-35-37-42(50)57-39-41(40-58-49-46(54)44(52)45(53)47(60-49)48(55)56)59-43(51)38-36-34-32-30-27-16-14-12-10-8-6-4-2/h41,44-47,49,52-54H,3-40H2,1-2H3,(H,55,56). The lowest BCUT2D eigenvalue weighted by molar-refractivity contribution is -0.298. The van der Waals surface area contributed by atoms with E-state index in [0.29, 0.717) is 12.8 Å². The molecule has 1 fully saturated rings. The SMILES string of the molecule is CCCCCCCCCCCCCCCCCCCCCCCCC(=O)OCC(COC1OC(C(=O)O)C(O)C(O)C1O)OC(=O)CCCCCCCCCCCCCC. The minimum absolute atomic E-state index is 0.190. The van der Waals surface area contributed by atoms with Gasteiger partial charge < -0.3 is 39.4 Å². The van der Waals surface area contributed by atoms with E-state index >= 15 is 0 Å². The smallest absolute Gasteiger partial charge is 0.335 e. The van der Waals surface area contributed by atoms with Crippen molar-refractivity contribution >= 4 is 17.9 Å². The summed E-state index contributed by atoms with van der Waals surface area (Å²) in [6.45, 7) is 3.85. The van der Waals surface area contributed by atoms with Gasteiger partial charge in [-0.3, -0.25) is 9.59 Å². The molecule has 0 spiro atoms. The number of ether oxygens (including phenoxy) is 4. The molecule has 1 heterocycles. The van der Waals surface area contributed by atoms with Crippen molar-refractivity contribution in [3.63, 3.8) is 0 Å². The highest BCUT2D eigenvalue weighted by atomic mass is 16.7. The summed E-state index contributed by atoms with van der Waals surface area (Å²) in [5.74, 6) is -2.42. The van der Waals surface area contributed by atoms with Gasteiger partial charge in [-0.15, -0.1) is 0 Å². The summed E-state index contributed by atoms with van der Waals surface area (Å²) in [7, 11) is 0. The topological polar surface area (TPSA) is 169 Å². The summed E-state index contributed by atoms with van der Waals surface area (Å²) in [5.41, 5.74) is 0. The van der Waals surface area contributed by atoms with Crippen molar-refractivity contribution in [3.8, 4) is 0 Å². The molecule has 1 aliphatic heterocycles. The Morgan fingerprint density at radius 2 is 0.783 bits per heavy atom. The maximum Gasteiger partial charge on any atom is 0.335 e. The summed E-state index contributed by atoms with van der Waals surface area (Å²) in [6, 6.07) is 0. The molecule has 6 atom stereocenters. The Balaban J connectivity index is 2.24. The fourth-order valence-corrected chi connectivity index (χ4v) is 8.00. The van der Waals surface area contributed by atoms with Crippen LogP contribution < -0.4 is 0 Å². The van der Waals surface area contributed by atoms with Gasteiger partial charge in [0.1, 0.15) is 24.9 Å². The number of aliphatic carboxylic acids is 1. The van der Waals surface area contributed by atoms with Crippen molar-refractivity contribution in [2.75, 3.05) is 13.2 Å². The highest BCUT2D eigenvalue weighted by Crippen LogP contribution is 2.23. The monoisotopic (exact) mass is 857 g/mol.